The number of aryl methyl sites for hydroxylation is 2. The summed E-state index contributed by atoms with van der Waals surface area (Å²) in [7, 11) is 3.13. The number of carbonyl (C=O) groups excluding carboxylic acids is 2. The van der Waals surface area contributed by atoms with Gasteiger partial charge in [0.1, 0.15) is 12.3 Å². The molecule has 0 saturated carbocycles. The predicted molar refractivity (Wildman–Crippen MR) is 177 cm³/mol. The number of alkyl halides is 1. The van der Waals surface area contributed by atoms with Gasteiger partial charge in [0.2, 0.25) is 5.91 Å². The summed E-state index contributed by atoms with van der Waals surface area (Å²) in [6.45, 7) is 16.7. The molecule has 1 aliphatic rings. The van der Waals surface area contributed by atoms with Gasteiger partial charge in [0, 0.05) is 52.7 Å². The molecule has 44 heavy (non-hydrogen) atoms. The maximum absolute atomic E-state index is 13.2. The standard InChI is InChI=1S/C34H47ClN4O4S/c1-21-16-24(10-11-29(41)42-8)37-39(21)20-28(40)38-14-12-22(13-15-38)32-36-30(27(19-35)44-32)23-17-25(33(2,3)4)31(43-9)26(18-23)34(5,6)7/h16-18,22H,10-15,19-20H2,1-9H3. The molecule has 2 aromatic heterocycles. The zero-order valence-corrected chi connectivity index (χ0v) is 29.2. The van der Waals surface area contributed by atoms with Crippen molar-refractivity contribution in [2.24, 2.45) is 0 Å². The minimum Gasteiger partial charge on any atom is -0.496 e. The molecule has 1 aliphatic heterocycles. The number of hydrogen-bond donors (Lipinski definition) is 0. The summed E-state index contributed by atoms with van der Waals surface area (Å²) >= 11 is 8.21. The summed E-state index contributed by atoms with van der Waals surface area (Å²) in [5.41, 5.74) is 5.82. The number of ether oxygens (including phenoxy) is 2. The molecule has 0 radical (unpaired) electrons. The second kappa shape index (κ2) is 13.6. The van der Waals surface area contributed by atoms with E-state index in [1.165, 1.54) is 7.11 Å². The number of methoxy groups -OCH3 is 2. The van der Waals surface area contributed by atoms with E-state index < -0.39 is 0 Å². The number of amides is 1. The zero-order chi connectivity index (χ0) is 32.4. The van der Waals surface area contributed by atoms with Crippen molar-refractivity contribution in [2.75, 3.05) is 27.3 Å². The smallest absolute Gasteiger partial charge is 0.305 e. The Bertz CT molecular complexity index is 1450. The number of likely N-dealkylation sites (tertiary alicyclic amines) is 1. The average molecular weight is 643 g/mol. The largest absolute Gasteiger partial charge is 0.496 e. The van der Waals surface area contributed by atoms with E-state index in [0.29, 0.717) is 25.4 Å². The first-order chi connectivity index (χ1) is 20.7. The van der Waals surface area contributed by atoms with Crippen LogP contribution in [-0.2, 0) is 44.0 Å². The van der Waals surface area contributed by atoms with E-state index in [4.69, 9.17) is 26.1 Å². The Labute approximate surface area is 271 Å². The first kappa shape index (κ1) is 34.0. The monoisotopic (exact) mass is 642 g/mol. The molecular weight excluding hydrogens is 596 g/mol. The fourth-order valence-electron chi connectivity index (χ4n) is 5.76. The number of benzene rings is 1. The lowest BCUT2D eigenvalue weighted by Crippen LogP contribution is -2.40. The van der Waals surface area contributed by atoms with Gasteiger partial charge in [-0.25, -0.2) is 4.98 Å². The molecule has 10 heteroatoms. The van der Waals surface area contributed by atoms with E-state index in [2.05, 4.69) is 58.8 Å². The lowest BCUT2D eigenvalue weighted by molar-refractivity contribution is -0.140. The van der Waals surface area contributed by atoms with E-state index in [0.717, 1.165) is 62.2 Å². The third-order valence-corrected chi connectivity index (χ3v) is 9.99. The molecule has 0 atom stereocenters. The minimum atomic E-state index is -0.269. The number of thiazole rings is 1. The highest BCUT2D eigenvalue weighted by molar-refractivity contribution is 7.12. The van der Waals surface area contributed by atoms with Crippen molar-refractivity contribution in [3.05, 3.63) is 50.6 Å². The highest BCUT2D eigenvalue weighted by Gasteiger charge is 2.31. The number of carbonyl (C=O) groups is 2. The Kier molecular flexibility index (Phi) is 10.5. The van der Waals surface area contributed by atoms with Crippen LogP contribution >= 0.6 is 22.9 Å². The second-order valence-electron chi connectivity index (χ2n) is 13.7. The molecule has 1 amide bonds. The number of rotatable bonds is 9. The van der Waals surface area contributed by atoms with Crippen LogP contribution in [0.25, 0.3) is 11.3 Å². The quantitative estimate of drug-likeness (QED) is 0.182. The lowest BCUT2D eigenvalue weighted by atomic mass is 9.78. The minimum absolute atomic E-state index is 0.0538. The average Bonchev–Trinajstić information content (AvgIpc) is 3.57. The number of piperidine rings is 1. The Morgan fingerprint density at radius 2 is 1.64 bits per heavy atom. The summed E-state index contributed by atoms with van der Waals surface area (Å²) in [5.74, 6) is 1.40. The maximum atomic E-state index is 13.2. The summed E-state index contributed by atoms with van der Waals surface area (Å²) in [4.78, 5) is 32.9. The third kappa shape index (κ3) is 7.65. The zero-order valence-electron chi connectivity index (χ0n) is 27.7. The maximum Gasteiger partial charge on any atom is 0.305 e. The molecule has 3 aromatic rings. The highest BCUT2D eigenvalue weighted by atomic mass is 35.5. The molecule has 0 aliphatic carbocycles. The van der Waals surface area contributed by atoms with Crippen molar-refractivity contribution in [2.45, 2.75) is 103 Å². The van der Waals surface area contributed by atoms with E-state index in [-0.39, 0.29) is 41.6 Å². The third-order valence-electron chi connectivity index (χ3n) is 8.34. The summed E-state index contributed by atoms with van der Waals surface area (Å²) in [5, 5.41) is 5.64. The van der Waals surface area contributed by atoms with Gasteiger partial charge in [-0.15, -0.1) is 22.9 Å². The van der Waals surface area contributed by atoms with Crippen LogP contribution < -0.4 is 4.74 Å². The van der Waals surface area contributed by atoms with Crippen LogP contribution in [0.2, 0.25) is 0 Å². The molecule has 1 fully saturated rings. The van der Waals surface area contributed by atoms with Gasteiger partial charge in [-0.3, -0.25) is 14.3 Å². The van der Waals surface area contributed by atoms with Gasteiger partial charge in [0.15, 0.2) is 0 Å². The first-order valence-corrected chi connectivity index (χ1v) is 16.7. The van der Waals surface area contributed by atoms with Gasteiger partial charge in [-0.1, -0.05) is 41.5 Å². The molecule has 0 spiro atoms. The number of halogens is 1. The number of nitrogens with zero attached hydrogens (tertiary/aromatic N) is 4. The van der Waals surface area contributed by atoms with E-state index >= 15 is 0 Å². The fraction of sp³-hybridized carbons (Fsp3) is 0.588. The predicted octanol–water partition coefficient (Wildman–Crippen LogP) is 7.17. The van der Waals surface area contributed by atoms with E-state index in [9.17, 15) is 9.59 Å². The molecule has 1 aromatic carbocycles. The van der Waals surface area contributed by atoms with Crippen LogP contribution in [-0.4, -0.2) is 58.8 Å². The summed E-state index contributed by atoms with van der Waals surface area (Å²) < 4.78 is 12.4. The van der Waals surface area contributed by atoms with Gasteiger partial charge in [-0.2, -0.15) is 5.10 Å². The van der Waals surface area contributed by atoms with E-state index in [1.807, 2.05) is 17.9 Å². The molecule has 0 N–H and O–H groups in total. The molecule has 0 bridgehead atoms. The van der Waals surface area contributed by atoms with Crippen molar-refractivity contribution in [1.29, 1.82) is 0 Å². The number of hydrogen-bond acceptors (Lipinski definition) is 7. The van der Waals surface area contributed by atoms with Gasteiger partial charge in [-0.05, 0) is 48.8 Å². The second-order valence-corrected chi connectivity index (χ2v) is 15.1. The Morgan fingerprint density at radius 1 is 1.02 bits per heavy atom. The molecule has 0 unspecified atom stereocenters. The molecular formula is C34H47ClN4O4S. The first-order valence-electron chi connectivity index (χ1n) is 15.3. The Morgan fingerprint density at radius 3 is 2.16 bits per heavy atom. The van der Waals surface area contributed by atoms with Gasteiger partial charge < -0.3 is 14.4 Å². The Balaban J connectivity index is 1.50. The molecule has 8 nitrogen and oxygen atoms in total. The van der Waals surface area contributed by atoms with Crippen molar-refractivity contribution in [3.63, 3.8) is 0 Å². The van der Waals surface area contributed by atoms with E-state index in [1.54, 1.807) is 23.1 Å². The molecule has 1 saturated heterocycles. The fourth-order valence-corrected chi connectivity index (χ4v) is 7.15. The van der Waals surface area contributed by atoms with Crippen molar-refractivity contribution in [3.8, 4) is 17.0 Å². The van der Waals surface area contributed by atoms with Crippen LogP contribution in [0.1, 0.15) is 99.1 Å². The van der Waals surface area contributed by atoms with Crippen LogP contribution in [0.4, 0.5) is 0 Å². The van der Waals surface area contributed by atoms with Gasteiger partial charge in [0.25, 0.3) is 0 Å². The molecule has 4 rings (SSSR count). The van der Waals surface area contributed by atoms with Crippen LogP contribution in [0.5, 0.6) is 5.75 Å². The Hall–Kier alpha value is -2.91. The number of esters is 1. The SMILES string of the molecule is COC(=O)CCc1cc(C)n(CC(=O)N2CCC(c3nc(-c4cc(C(C)(C)C)c(OC)c(C(C)(C)C)c4)c(CCl)s3)CC2)n1. The lowest BCUT2D eigenvalue weighted by Gasteiger charge is -2.31. The highest BCUT2D eigenvalue weighted by Crippen LogP contribution is 2.44. The van der Waals surface area contributed by atoms with Crippen molar-refractivity contribution < 1.29 is 19.1 Å². The van der Waals surface area contributed by atoms with Gasteiger partial charge >= 0.3 is 5.97 Å². The topological polar surface area (TPSA) is 86.6 Å². The van der Waals surface area contributed by atoms with Gasteiger partial charge in [0.05, 0.1) is 42.9 Å². The normalized spacial score (nSPS) is 14.6. The van der Waals surface area contributed by atoms with Crippen molar-refractivity contribution in [1.82, 2.24) is 19.7 Å². The van der Waals surface area contributed by atoms with Crippen molar-refractivity contribution >= 4 is 34.8 Å². The molecule has 3 heterocycles. The van der Waals surface area contributed by atoms with Crippen LogP contribution in [0.3, 0.4) is 0 Å². The number of aromatic nitrogens is 3. The summed E-state index contributed by atoms with van der Waals surface area (Å²) in [6, 6.07) is 6.37. The summed E-state index contributed by atoms with van der Waals surface area (Å²) in [6.07, 6.45) is 2.47. The molecule has 240 valence electrons. The van der Waals surface area contributed by atoms with Crippen LogP contribution in [0, 0.1) is 6.92 Å². The van der Waals surface area contributed by atoms with Crippen LogP contribution in [0.15, 0.2) is 18.2 Å².